The van der Waals surface area contributed by atoms with Crippen LogP contribution in [-0.2, 0) is 25.8 Å². The number of nitrogens with zero attached hydrogens (tertiary/aromatic N) is 2. The first-order chi connectivity index (χ1) is 16.3. The van der Waals surface area contributed by atoms with Crippen molar-refractivity contribution in [3.63, 3.8) is 0 Å². The Morgan fingerprint density at radius 3 is 2.50 bits per heavy atom. The summed E-state index contributed by atoms with van der Waals surface area (Å²) in [7, 11) is -3.88. The number of carboxylic acid groups (broad SMARTS) is 1. The van der Waals surface area contributed by atoms with Crippen LogP contribution in [0.4, 0.5) is 0 Å². The molecule has 3 aromatic rings. The van der Waals surface area contributed by atoms with Gasteiger partial charge in [0.2, 0.25) is 0 Å². The highest BCUT2D eigenvalue weighted by Crippen LogP contribution is 2.45. The van der Waals surface area contributed by atoms with Crippen molar-refractivity contribution >= 4 is 33.1 Å². The van der Waals surface area contributed by atoms with Crippen LogP contribution in [0.2, 0.25) is 0 Å². The van der Waals surface area contributed by atoms with Gasteiger partial charge in [-0.05, 0) is 48.2 Å². The number of benzene rings is 1. The van der Waals surface area contributed by atoms with E-state index in [0.29, 0.717) is 4.88 Å². The average Bonchev–Trinajstić information content (AvgIpc) is 3.29. The molecule has 1 N–H and O–H groups in total. The smallest absolute Gasteiger partial charge is 0.305 e. The average molecular weight is 499 g/mol. The van der Waals surface area contributed by atoms with E-state index in [-0.39, 0.29) is 36.9 Å². The van der Waals surface area contributed by atoms with Crippen molar-refractivity contribution < 1.29 is 23.1 Å². The van der Waals surface area contributed by atoms with Crippen LogP contribution in [-0.4, -0.2) is 54.1 Å². The zero-order valence-corrected chi connectivity index (χ0v) is 20.4. The molecule has 1 aliphatic heterocycles. The second kappa shape index (κ2) is 9.68. The largest absolute Gasteiger partial charge is 0.481 e. The molecule has 2 aromatic heterocycles. The first-order valence-electron chi connectivity index (χ1n) is 11.1. The van der Waals surface area contributed by atoms with E-state index in [1.807, 2.05) is 30.3 Å². The Hall–Kier alpha value is -3.04. The first-order valence-corrected chi connectivity index (χ1v) is 13.6. The number of hydrogen-bond acceptors (Lipinski definition) is 6. The molecule has 0 spiro atoms. The van der Waals surface area contributed by atoms with Crippen LogP contribution < -0.4 is 0 Å². The summed E-state index contributed by atoms with van der Waals surface area (Å²) in [5.74, 6) is -1.85. The zero-order chi connectivity index (χ0) is 24.3. The van der Waals surface area contributed by atoms with E-state index < -0.39 is 27.0 Å². The Balaban J connectivity index is 1.70. The minimum absolute atomic E-state index is 0.00414. The van der Waals surface area contributed by atoms with Crippen molar-refractivity contribution in [3.05, 3.63) is 76.9 Å². The molecule has 0 radical (unpaired) electrons. The molecule has 0 unspecified atom stereocenters. The molecule has 9 heteroatoms. The molecule has 0 aliphatic carbocycles. The number of pyridine rings is 1. The lowest BCUT2D eigenvalue weighted by atomic mass is 9.97. The standard InChI is InChI=1S/C25H26N2O5S2/c1-2-18-6-8-19(9-7-18)21-10-11-22(33-21)25(17-23(28)29)12-14-27(15-16-34(25,31)32)24(30)20-5-3-4-13-26-20/h3-11,13H,2,12,14-17H2,1H3,(H,28,29)/t25-/m0/s1. The van der Waals surface area contributed by atoms with Crippen molar-refractivity contribution in [3.8, 4) is 10.4 Å². The number of rotatable bonds is 6. The van der Waals surface area contributed by atoms with Crippen LogP contribution in [0.15, 0.2) is 60.8 Å². The molecule has 1 saturated heterocycles. The molecule has 0 saturated carbocycles. The minimum atomic E-state index is -3.88. The number of aryl methyl sites for hydroxylation is 1. The van der Waals surface area contributed by atoms with Crippen molar-refractivity contribution in [2.75, 3.05) is 18.8 Å². The van der Waals surface area contributed by atoms with Gasteiger partial charge < -0.3 is 10.0 Å². The van der Waals surface area contributed by atoms with Gasteiger partial charge in [0.15, 0.2) is 9.84 Å². The van der Waals surface area contributed by atoms with Crippen LogP contribution in [0.3, 0.4) is 0 Å². The summed E-state index contributed by atoms with van der Waals surface area (Å²) < 4.78 is 25.6. The van der Waals surface area contributed by atoms with Gasteiger partial charge in [0, 0.05) is 29.0 Å². The molecular weight excluding hydrogens is 472 g/mol. The van der Waals surface area contributed by atoms with Gasteiger partial charge in [-0.2, -0.15) is 0 Å². The summed E-state index contributed by atoms with van der Waals surface area (Å²) in [6.45, 7) is 2.20. The summed E-state index contributed by atoms with van der Waals surface area (Å²) >= 11 is 1.31. The van der Waals surface area contributed by atoms with E-state index >= 15 is 0 Å². The molecule has 1 aliphatic rings. The van der Waals surface area contributed by atoms with E-state index in [2.05, 4.69) is 11.9 Å². The number of amides is 1. The van der Waals surface area contributed by atoms with Crippen molar-refractivity contribution in [2.24, 2.45) is 0 Å². The van der Waals surface area contributed by atoms with E-state index in [4.69, 9.17) is 0 Å². The van der Waals surface area contributed by atoms with Gasteiger partial charge in [0.25, 0.3) is 5.91 Å². The molecule has 3 heterocycles. The molecule has 1 aromatic carbocycles. The number of aliphatic carboxylic acids is 1. The van der Waals surface area contributed by atoms with Crippen LogP contribution in [0, 0.1) is 0 Å². The Labute approximate surface area is 203 Å². The van der Waals surface area contributed by atoms with Gasteiger partial charge in [0.1, 0.15) is 10.4 Å². The summed E-state index contributed by atoms with van der Waals surface area (Å²) in [5.41, 5.74) is 2.39. The highest BCUT2D eigenvalue weighted by Gasteiger charge is 2.50. The molecule has 1 amide bonds. The van der Waals surface area contributed by atoms with Gasteiger partial charge in [-0.3, -0.25) is 14.6 Å². The predicted molar refractivity (Wildman–Crippen MR) is 132 cm³/mol. The SMILES string of the molecule is CCc1ccc(-c2ccc([C@@]3(CC(=O)O)CCN(C(=O)c4ccccn4)CCS3(=O)=O)s2)cc1. The second-order valence-corrected chi connectivity index (χ2v) is 11.9. The third-order valence-electron chi connectivity index (χ3n) is 6.32. The fourth-order valence-corrected chi connectivity index (χ4v) is 7.91. The quantitative estimate of drug-likeness (QED) is 0.551. The Morgan fingerprint density at radius 1 is 1.09 bits per heavy atom. The maximum atomic E-state index is 13.6. The lowest BCUT2D eigenvalue weighted by Crippen LogP contribution is -2.39. The van der Waals surface area contributed by atoms with Gasteiger partial charge >= 0.3 is 5.97 Å². The zero-order valence-electron chi connectivity index (χ0n) is 18.8. The van der Waals surface area contributed by atoms with Crippen LogP contribution >= 0.6 is 11.3 Å². The normalized spacial score (nSPS) is 20.0. The van der Waals surface area contributed by atoms with Gasteiger partial charge in [-0.15, -0.1) is 11.3 Å². The summed E-state index contributed by atoms with van der Waals surface area (Å²) in [4.78, 5) is 31.7. The minimum Gasteiger partial charge on any atom is -0.481 e. The molecule has 178 valence electrons. The number of carbonyl (C=O) groups excluding carboxylic acids is 1. The van der Waals surface area contributed by atoms with Crippen LogP contribution in [0.5, 0.6) is 0 Å². The third kappa shape index (κ3) is 4.63. The molecule has 0 bridgehead atoms. The third-order valence-corrected chi connectivity index (χ3v) is 10.3. The lowest BCUT2D eigenvalue weighted by molar-refractivity contribution is -0.137. The molecule has 7 nitrogen and oxygen atoms in total. The van der Waals surface area contributed by atoms with E-state index in [0.717, 1.165) is 16.9 Å². The Bertz CT molecular complexity index is 1290. The lowest BCUT2D eigenvalue weighted by Gasteiger charge is -2.29. The second-order valence-electron chi connectivity index (χ2n) is 8.36. The first kappa shape index (κ1) is 24.1. The number of thiophene rings is 1. The number of aromatic nitrogens is 1. The van der Waals surface area contributed by atoms with E-state index in [1.165, 1.54) is 28.0 Å². The number of carbonyl (C=O) groups is 2. The monoisotopic (exact) mass is 498 g/mol. The maximum Gasteiger partial charge on any atom is 0.305 e. The van der Waals surface area contributed by atoms with Crippen molar-refractivity contribution in [1.29, 1.82) is 0 Å². The number of hydrogen-bond donors (Lipinski definition) is 1. The summed E-state index contributed by atoms with van der Waals surface area (Å²) in [6, 6.07) is 16.6. The molecule has 1 fully saturated rings. The molecule has 34 heavy (non-hydrogen) atoms. The van der Waals surface area contributed by atoms with Gasteiger partial charge in [-0.1, -0.05) is 37.3 Å². The fraction of sp³-hybridized carbons (Fsp3) is 0.320. The number of carboxylic acids is 1. The topological polar surface area (TPSA) is 105 Å². The maximum absolute atomic E-state index is 13.6. The molecule has 1 atom stereocenters. The highest BCUT2D eigenvalue weighted by atomic mass is 32.2. The Kier molecular flexibility index (Phi) is 6.86. The van der Waals surface area contributed by atoms with E-state index in [9.17, 15) is 23.1 Å². The molecular formula is C25H26N2O5S2. The van der Waals surface area contributed by atoms with Crippen molar-refractivity contribution in [1.82, 2.24) is 9.88 Å². The van der Waals surface area contributed by atoms with Gasteiger partial charge in [0.05, 0.1) is 12.2 Å². The van der Waals surface area contributed by atoms with Gasteiger partial charge in [-0.25, -0.2) is 8.42 Å². The predicted octanol–water partition coefficient (Wildman–Crippen LogP) is 4.00. The van der Waals surface area contributed by atoms with Crippen LogP contribution in [0.1, 0.15) is 40.7 Å². The number of sulfone groups is 1. The van der Waals surface area contributed by atoms with Crippen LogP contribution in [0.25, 0.3) is 10.4 Å². The molecule has 4 rings (SSSR count). The van der Waals surface area contributed by atoms with E-state index in [1.54, 1.807) is 24.3 Å². The summed E-state index contributed by atoms with van der Waals surface area (Å²) in [5, 5.41) is 9.70. The Morgan fingerprint density at radius 2 is 1.85 bits per heavy atom. The fourth-order valence-electron chi connectivity index (χ4n) is 4.31. The summed E-state index contributed by atoms with van der Waals surface area (Å²) in [6.07, 6.45) is 1.89. The highest BCUT2D eigenvalue weighted by molar-refractivity contribution is 7.92. The van der Waals surface area contributed by atoms with Crippen molar-refractivity contribution in [2.45, 2.75) is 30.9 Å².